The molecule has 2 atom stereocenters. The number of fused-ring (bicyclic) bond motifs is 4. The second-order valence-corrected chi connectivity index (χ2v) is 16.6. The zero-order chi connectivity index (χ0) is 34.3. The molecule has 9 heteroatoms. The van der Waals surface area contributed by atoms with E-state index >= 15 is 0 Å². The van der Waals surface area contributed by atoms with E-state index in [0.717, 1.165) is 17.1 Å². The van der Waals surface area contributed by atoms with Crippen LogP contribution < -0.4 is 10.3 Å². The van der Waals surface area contributed by atoms with Crippen LogP contribution in [0, 0.1) is 13.8 Å². The van der Waals surface area contributed by atoms with Gasteiger partial charge in [0.1, 0.15) is 0 Å². The first-order valence-electron chi connectivity index (χ1n) is 17.1. The fourth-order valence-corrected chi connectivity index (χ4v) is 11.6. The molecule has 251 valence electrons. The molecule has 5 aromatic rings. The average molecular weight is 834 g/mol. The first-order chi connectivity index (χ1) is 24.3. The molecule has 0 fully saturated rings. The van der Waals surface area contributed by atoms with E-state index in [-0.39, 0.29) is 13.0 Å². The summed E-state index contributed by atoms with van der Waals surface area (Å²) in [6.07, 6.45) is 11.3. The number of hydrogen-bond acceptors (Lipinski definition) is 6. The Hall–Kier alpha value is -4.98. The Morgan fingerprint density at radius 2 is 1.40 bits per heavy atom. The quantitative estimate of drug-likeness (QED) is 0.210. The third-order valence-corrected chi connectivity index (χ3v) is 14.8. The summed E-state index contributed by atoms with van der Waals surface area (Å²) in [7, 11) is 6.63. The summed E-state index contributed by atoms with van der Waals surface area (Å²) in [5.41, 5.74) is 10.5. The van der Waals surface area contributed by atoms with Crippen LogP contribution in [0.5, 0.6) is 0 Å². The van der Waals surface area contributed by atoms with Crippen molar-refractivity contribution in [3.8, 4) is 11.4 Å². The molecular weight excluding hydrogens is 794 g/mol. The predicted molar refractivity (Wildman–Crippen MR) is 201 cm³/mol. The summed E-state index contributed by atoms with van der Waals surface area (Å²) in [5.74, 6) is 1.01. The number of hydrogen-bond donors (Lipinski definition) is 0. The van der Waals surface area contributed by atoms with Gasteiger partial charge in [0.25, 0.3) is 0 Å². The van der Waals surface area contributed by atoms with Gasteiger partial charge < -0.3 is 0 Å². The Bertz CT molecular complexity index is 2270. The van der Waals surface area contributed by atoms with Gasteiger partial charge in [-0.3, -0.25) is 0 Å². The van der Waals surface area contributed by atoms with Gasteiger partial charge in [-0.25, -0.2) is 0 Å². The molecule has 1 unspecified atom stereocenters. The fourth-order valence-electron chi connectivity index (χ4n) is 8.16. The van der Waals surface area contributed by atoms with Crippen molar-refractivity contribution in [3.05, 3.63) is 162 Å². The summed E-state index contributed by atoms with van der Waals surface area (Å²) in [4.78, 5) is 17.8. The molecule has 4 bridgehead atoms. The van der Waals surface area contributed by atoms with Gasteiger partial charge in [-0.15, -0.1) is 0 Å². The number of aryl methyl sites for hydroxylation is 2. The van der Waals surface area contributed by atoms with Crippen molar-refractivity contribution in [3.63, 3.8) is 0 Å². The Balaban J connectivity index is 1.41. The molecule has 0 N–H and O–H groups in total. The molecule has 0 saturated carbocycles. The Labute approximate surface area is 302 Å². The van der Waals surface area contributed by atoms with E-state index < -0.39 is 22.3 Å². The van der Waals surface area contributed by atoms with Crippen LogP contribution >= 0.6 is 0 Å². The molecule has 9 rings (SSSR count). The maximum atomic E-state index is 5.68. The maximum absolute atomic E-state index is 5.68. The standard InChI is InChI=1S/C41H40BN7.Ir/c1-30-14-13-15-31(2)38(30)42-46(6)37-21-20-34(41(3,33-18-11-8-12-19-33)48-25-23-45(5)29-48)26-35(37)40-43-36(27-49(40)42)39(32-16-9-7-10-17-32)47-24-22-44(4)28-47;/h7-27,39H,1-6H3;/t39-,41?;/m1./s1. The van der Waals surface area contributed by atoms with E-state index in [0.29, 0.717) is 0 Å². The molecule has 4 aliphatic rings. The second kappa shape index (κ2) is 11.5. The summed E-state index contributed by atoms with van der Waals surface area (Å²) in [6, 6.07) is 35.5. The Morgan fingerprint density at radius 3 is 2.14 bits per heavy atom. The molecule has 1 aromatic heterocycles. The van der Waals surface area contributed by atoms with Crippen LogP contribution in [0.3, 0.4) is 0 Å². The van der Waals surface area contributed by atoms with Gasteiger partial charge in [0.05, 0.1) is 0 Å². The van der Waals surface area contributed by atoms with Gasteiger partial charge in [0.2, 0.25) is 0 Å². The number of imidazole rings is 1. The average Bonchev–Trinajstić information content (AvgIpc) is 3.84. The van der Waals surface area contributed by atoms with E-state index in [4.69, 9.17) is 4.98 Å². The third kappa shape index (κ3) is 4.49. The molecule has 0 spiro atoms. The van der Waals surface area contributed by atoms with Crippen molar-refractivity contribution in [2.75, 3.05) is 26.0 Å². The molecule has 50 heavy (non-hydrogen) atoms. The summed E-state index contributed by atoms with van der Waals surface area (Å²) in [5, 5.41) is 0. The van der Waals surface area contributed by atoms with Gasteiger partial charge in [-0.05, 0) is 0 Å². The first-order valence-corrected chi connectivity index (χ1v) is 19.5. The van der Waals surface area contributed by atoms with Crippen LogP contribution in [0.1, 0.15) is 46.5 Å². The fraction of sp³-hybridized carbons (Fsp3) is 0.195. The minimum atomic E-state index is -0.866. The van der Waals surface area contributed by atoms with Crippen LogP contribution in [0.4, 0.5) is 5.69 Å². The van der Waals surface area contributed by atoms with E-state index in [1.165, 1.54) is 47.5 Å². The first kappa shape index (κ1) is 31.0. The van der Waals surface area contributed by atoms with Crippen molar-refractivity contribution < 1.29 is 16.8 Å². The van der Waals surface area contributed by atoms with Crippen LogP contribution in [0.15, 0.2) is 128 Å². The van der Waals surface area contributed by atoms with Crippen molar-refractivity contribution >= 4 is 26.7 Å². The number of aromatic nitrogens is 2. The number of anilines is 1. The zero-order valence-electron chi connectivity index (χ0n) is 29.2. The second-order valence-electron chi connectivity index (χ2n) is 13.8. The number of rotatable bonds is 3. The van der Waals surface area contributed by atoms with Crippen molar-refractivity contribution in [1.29, 1.82) is 0 Å². The topological polar surface area (TPSA) is 34.0 Å². The molecule has 4 aliphatic heterocycles. The van der Waals surface area contributed by atoms with Gasteiger partial charge >= 0.3 is 304 Å². The monoisotopic (exact) mass is 834 g/mol. The predicted octanol–water partition coefficient (Wildman–Crippen LogP) is 5.92. The normalized spacial score (nSPS) is 20.7. The molecule has 5 heterocycles. The minimum absolute atomic E-state index is 0.0422. The summed E-state index contributed by atoms with van der Waals surface area (Å²) < 4.78 is 5.11. The van der Waals surface area contributed by atoms with Crippen molar-refractivity contribution in [2.24, 2.45) is 0 Å². The molecule has 4 aromatic carbocycles. The summed E-state index contributed by atoms with van der Waals surface area (Å²) in [6.45, 7) is 6.82. The van der Waals surface area contributed by atoms with Gasteiger partial charge in [0.15, 0.2) is 0 Å². The van der Waals surface area contributed by atoms with E-state index in [9.17, 15) is 0 Å². The molecule has 7 nitrogen and oxygen atoms in total. The zero-order valence-corrected chi connectivity index (χ0v) is 31.6. The van der Waals surface area contributed by atoms with Crippen LogP contribution in [0.2, 0.25) is 0 Å². The molecule has 0 aliphatic carbocycles. The summed E-state index contributed by atoms with van der Waals surface area (Å²) >= 11 is -0.866. The van der Waals surface area contributed by atoms with Crippen molar-refractivity contribution in [2.45, 2.75) is 32.4 Å². The van der Waals surface area contributed by atoms with Crippen LogP contribution in [-0.4, -0.2) is 65.7 Å². The van der Waals surface area contributed by atoms with E-state index in [2.05, 4.69) is 199 Å². The van der Waals surface area contributed by atoms with Gasteiger partial charge in [-0.2, -0.15) is 0 Å². The van der Waals surface area contributed by atoms with Gasteiger partial charge in [-0.1, -0.05) is 0 Å². The van der Waals surface area contributed by atoms with Crippen molar-refractivity contribution in [1.82, 2.24) is 29.1 Å². The van der Waals surface area contributed by atoms with E-state index in [1.54, 1.807) is 0 Å². The number of benzene rings is 4. The third-order valence-electron chi connectivity index (χ3n) is 10.8. The Kier molecular flexibility index (Phi) is 7.17. The van der Waals surface area contributed by atoms with Crippen LogP contribution in [0.25, 0.3) is 11.4 Å². The Morgan fingerprint density at radius 1 is 0.720 bits per heavy atom. The molecular formula is C41H40BIrN7. The SMILES string of the molecule is Cc1cccc(C)c1B1N(C)c2ccc3cc2-c2nc(cn21)[C@@H](c1ccccc1)N1C=CN(C)[C]1=[Ir]=[C]1N(C)C=CN1C3(C)c1ccccc1. The van der Waals surface area contributed by atoms with Gasteiger partial charge in [0, 0.05) is 0 Å². The number of nitrogens with zero attached hydrogens (tertiary/aromatic N) is 7. The molecule has 0 saturated heterocycles. The molecule has 0 amide bonds. The van der Waals surface area contributed by atoms with Crippen LogP contribution in [-0.2, 0) is 22.3 Å². The van der Waals surface area contributed by atoms with E-state index in [1.807, 2.05) is 0 Å². The molecule has 0 radical (unpaired) electrons.